The van der Waals surface area contributed by atoms with Crippen molar-refractivity contribution in [2.75, 3.05) is 38.6 Å². The van der Waals surface area contributed by atoms with Crippen molar-refractivity contribution in [2.45, 2.75) is 24.4 Å². The van der Waals surface area contributed by atoms with Crippen molar-refractivity contribution in [3.8, 4) is 5.75 Å². The molecule has 2 heterocycles. The number of aromatic nitrogens is 2. The highest BCUT2D eigenvalue weighted by Crippen LogP contribution is 2.28. The van der Waals surface area contributed by atoms with Gasteiger partial charge in [-0.3, -0.25) is 4.90 Å². The molecule has 3 aromatic carbocycles. The number of methoxy groups -OCH3 is 1. The lowest BCUT2D eigenvalue weighted by Gasteiger charge is -2.36. The topological polar surface area (TPSA) is 87.7 Å². The van der Waals surface area contributed by atoms with Crippen molar-refractivity contribution in [1.82, 2.24) is 19.2 Å². The van der Waals surface area contributed by atoms with Crippen LogP contribution in [0.4, 0.5) is 5.82 Å². The molecule has 0 bridgehead atoms. The summed E-state index contributed by atoms with van der Waals surface area (Å²) in [6.07, 6.45) is 0. The maximum atomic E-state index is 13.1. The van der Waals surface area contributed by atoms with Crippen LogP contribution >= 0.6 is 11.6 Å². The Bertz CT molecular complexity index is 1520. The van der Waals surface area contributed by atoms with Crippen molar-refractivity contribution in [3.63, 3.8) is 0 Å². The molecular formula is C28H30ClN5O3S. The fraction of sp³-hybridized carbons (Fsp3) is 0.286. The largest absolute Gasteiger partial charge is 0.496 e. The second kappa shape index (κ2) is 11.2. The molecule has 5 rings (SSSR count). The number of rotatable bonds is 8. The van der Waals surface area contributed by atoms with Gasteiger partial charge in [0.2, 0.25) is 10.0 Å². The smallest absolute Gasteiger partial charge is 0.243 e. The number of hydrogen-bond donors (Lipinski definition) is 1. The third-order valence-corrected chi connectivity index (χ3v) is 9.07. The first-order valence-electron chi connectivity index (χ1n) is 12.5. The normalized spacial score (nSPS) is 15.9. The first-order valence-corrected chi connectivity index (χ1v) is 14.3. The molecule has 1 aliphatic heterocycles. The molecule has 0 saturated carbocycles. The lowest BCUT2D eigenvalue weighted by molar-refractivity contribution is 0.141. The number of sulfonamides is 1. The summed E-state index contributed by atoms with van der Waals surface area (Å²) in [5.74, 6) is 2.27. The lowest BCUT2D eigenvalue weighted by Crippen LogP contribution is -2.49. The van der Waals surface area contributed by atoms with Gasteiger partial charge in [0.1, 0.15) is 17.4 Å². The summed E-state index contributed by atoms with van der Waals surface area (Å²) < 4.78 is 33.2. The molecule has 10 heteroatoms. The Morgan fingerprint density at radius 2 is 1.63 bits per heavy atom. The van der Waals surface area contributed by atoms with Crippen LogP contribution in [0.3, 0.4) is 0 Å². The molecule has 198 valence electrons. The van der Waals surface area contributed by atoms with Gasteiger partial charge in [-0.05, 0) is 49.4 Å². The van der Waals surface area contributed by atoms with E-state index in [0.717, 1.165) is 28.0 Å². The molecule has 1 aromatic heterocycles. The van der Waals surface area contributed by atoms with Gasteiger partial charge in [0.05, 0.1) is 23.6 Å². The number of para-hydroxylation sites is 2. The monoisotopic (exact) mass is 551 g/mol. The zero-order valence-electron chi connectivity index (χ0n) is 21.3. The Balaban J connectivity index is 1.33. The molecular weight excluding hydrogens is 522 g/mol. The highest BCUT2D eigenvalue weighted by atomic mass is 35.5. The quantitative estimate of drug-likeness (QED) is 0.331. The molecule has 0 radical (unpaired) electrons. The fourth-order valence-electron chi connectivity index (χ4n) is 4.69. The predicted molar refractivity (Wildman–Crippen MR) is 150 cm³/mol. The van der Waals surface area contributed by atoms with Crippen molar-refractivity contribution in [1.29, 1.82) is 0 Å². The second-order valence-electron chi connectivity index (χ2n) is 9.18. The number of piperazine rings is 1. The fourth-order valence-corrected chi connectivity index (χ4v) is 6.24. The Kier molecular flexibility index (Phi) is 7.80. The number of hydrogen-bond acceptors (Lipinski definition) is 7. The number of benzene rings is 3. The average molecular weight is 552 g/mol. The third kappa shape index (κ3) is 5.47. The molecule has 1 fully saturated rings. The van der Waals surface area contributed by atoms with Crippen molar-refractivity contribution in [3.05, 3.63) is 89.2 Å². The van der Waals surface area contributed by atoms with E-state index in [-0.39, 0.29) is 10.9 Å². The molecule has 1 atom stereocenters. The lowest BCUT2D eigenvalue weighted by atomic mass is 10.1. The zero-order valence-corrected chi connectivity index (χ0v) is 22.9. The minimum Gasteiger partial charge on any atom is -0.496 e. The van der Waals surface area contributed by atoms with Gasteiger partial charge in [-0.25, -0.2) is 18.4 Å². The minimum absolute atomic E-state index is 0.0909. The number of halogens is 1. The summed E-state index contributed by atoms with van der Waals surface area (Å²) in [6, 6.07) is 22.0. The second-order valence-corrected chi connectivity index (χ2v) is 11.6. The highest BCUT2D eigenvalue weighted by Gasteiger charge is 2.31. The van der Waals surface area contributed by atoms with Gasteiger partial charge in [-0.2, -0.15) is 4.31 Å². The highest BCUT2D eigenvalue weighted by molar-refractivity contribution is 7.89. The molecule has 1 aliphatic rings. The summed E-state index contributed by atoms with van der Waals surface area (Å²) >= 11 is 5.93. The van der Waals surface area contributed by atoms with E-state index in [9.17, 15) is 8.42 Å². The number of nitrogens with zero attached hydrogens (tertiary/aromatic N) is 4. The van der Waals surface area contributed by atoms with Crippen LogP contribution in [0, 0.1) is 0 Å². The SMILES string of the molecule is COc1ccccc1CNc1nc([C@H](C)N2CCN(S(=O)(=O)c3ccc(Cl)cc3)CC2)nc2ccccc12. The van der Waals surface area contributed by atoms with Gasteiger partial charge >= 0.3 is 0 Å². The van der Waals surface area contributed by atoms with Gasteiger partial charge in [0, 0.05) is 48.7 Å². The first-order chi connectivity index (χ1) is 18.4. The predicted octanol–water partition coefficient (Wildman–Crippen LogP) is 4.97. The van der Waals surface area contributed by atoms with Crippen LogP contribution in [0.25, 0.3) is 10.9 Å². The third-order valence-electron chi connectivity index (χ3n) is 6.91. The van der Waals surface area contributed by atoms with Crippen LogP contribution in [0.1, 0.15) is 24.4 Å². The van der Waals surface area contributed by atoms with Crippen molar-refractivity contribution in [2.24, 2.45) is 0 Å². The Morgan fingerprint density at radius 1 is 0.947 bits per heavy atom. The van der Waals surface area contributed by atoms with Crippen molar-refractivity contribution < 1.29 is 13.2 Å². The minimum atomic E-state index is -3.57. The molecule has 0 amide bonds. The maximum absolute atomic E-state index is 13.1. The van der Waals surface area contributed by atoms with Gasteiger partial charge in [-0.15, -0.1) is 0 Å². The van der Waals surface area contributed by atoms with E-state index in [1.165, 1.54) is 4.31 Å². The van der Waals surface area contributed by atoms with Crippen LogP contribution in [-0.4, -0.2) is 60.9 Å². The van der Waals surface area contributed by atoms with E-state index < -0.39 is 10.0 Å². The number of fused-ring (bicyclic) bond motifs is 1. The van der Waals surface area contributed by atoms with Crippen LogP contribution in [0.2, 0.25) is 5.02 Å². The van der Waals surface area contributed by atoms with Crippen LogP contribution < -0.4 is 10.1 Å². The summed E-state index contributed by atoms with van der Waals surface area (Å²) in [6.45, 7) is 4.56. The summed E-state index contributed by atoms with van der Waals surface area (Å²) in [4.78, 5) is 12.3. The summed E-state index contributed by atoms with van der Waals surface area (Å²) in [5.41, 5.74) is 1.89. The molecule has 0 aliphatic carbocycles. The van der Waals surface area contributed by atoms with E-state index in [4.69, 9.17) is 26.3 Å². The maximum Gasteiger partial charge on any atom is 0.243 e. The summed E-state index contributed by atoms with van der Waals surface area (Å²) in [5, 5.41) is 4.93. The van der Waals surface area contributed by atoms with Gasteiger partial charge in [0.25, 0.3) is 0 Å². The average Bonchev–Trinajstić information content (AvgIpc) is 2.95. The summed E-state index contributed by atoms with van der Waals surface area (Å²) in [7, 11) is -1.91. The number of anilines is 1. The van der Waals surface area contributed by atoms with E-state index in [1.807, 2.05) is 48.5 Å². The zero-order chi connectivity index (χ0) is 26.7. The molecule has 4 aromatic rings. The molecule has 8 nitrogen and oxygen atoms in total. The Labute approximate surface area is 228 Å². The standard InChI is InChI=1S/C28H30ClN5O3S/c1-20(33-15-17-34(18-16-33)38(35,36)23-13-11-22(29)12-14-23)27-31-25-9-5-4-8-24(25)28(32-27)30-19-21-7-3-6-10-26(21)37-2/h3-14,20H,15-19H2,1-2H3,(H,30,31,32)/t20-/m0/s1. The van der Waals surface area contributed by atoms with Crippen LogP contribution in [0.15, 0.2) is 77.7 Å². The molecule has 1 saturated heterocycles. The molecule has 0 unspecified atom stereocenters. The first kappa shape index (κ1) is 26.4. The van der Waals surface area contributed by atoms with Crippen molar-refractivity contribution >= 4 is 38.3 Å². The van der Waals surface area contributed by atoms with E-state index in [1.54, 1.807) is 31.4 Å². The van der Waals surface area contributed by atoms with Crippen LogP contribution in [-0.2, 0) is 16.6 Å². The van der Waals surface area contributed by atoms with E-state index >= 15 is 0 Å². The van der Waals surface area contributed by atoms with Gasteiger partial charge in [-0.1, -0.05) is 41.9 Å². The number of nitrogens with one attached hydrogen (secondary N) is 1. The molecule has 0 spiro atoms. The van der Waals surface area contributed by atoms with E-state index in [0.29, 0.717) is 43.6 Å². The Morgan fingerprint density at radius 3 is 2.37 bits per heavy atom. The van der Waals surface area contributed by atoms with Gasteiger partial charge < -0.3 is 10.1 Å². The number of ether oxygens (including phenoxy) is 1. The van der Waals surface area contributed by atoms with E-state index in [2.05, 4.69) is 17.1 Å². The Hall–Kier alpha value is -3.24. The van der Waals surface area contributed by atoms with Gasteiger partial charge in [0.15, 0.2) is 0 Å². The molecule has 38 heavy (non-hydrogen) atoms. The van der Waals surface area contributed by atoms with Crippen LogP contribution in [0.5, 0.6) is 5.75 Å². The molecule has 1 N–H and O–H groups in total.